The molecule has 0 unspecified atom stereocenters. The van der Waals surface area contributed by atoms with Crippen molar-refractivity contribution in [3.63, 3.8) is 0 Å². The minimum atomic E-state index is -0.491. The van der Waals surface area contributed by atoms with Crippen molar-refractivity contribution >= 4 is 62.5 Å². The summed E-state index contributed by atoms with van der Waals surface area (Å²) in [4.78, 5) is 38.2. The molecule has 6 nitrogen and oxygen atoms in total. The van der Waals surface area contributed by atoms with Gasteiger partial charge in [-0.05, 0) is 60.7 Å². The first-order valence-corrected chi connectivity index (χ1v) is 10.9. The maximum absolute atomic E-state index is 12.8. The number of hydrogen-bond donors (Lipinski definition) is 0. The molecule has 2 aromatic rings. The molecule has 0 aliphatic carbocycles. The first-order valence-electron chi connectivity index (χ1n) is 8.95. The van der Waals surface area contributed by atoms with Crippen molar-refractivity contribution in [2.24, 2.45) is 0 Å². The maximum Gasteiger partial charge on any atom is 0.344 e. The number of halogens is 2. The molecule has 0 bridgehead atoms. The Kier molecular flexibility index (Phi) is 7.58. The molecule has 1 heterocycles. The van der Waals surface area contributed by atoms with Gasteiger partial charge in [-0.2, -0.15) is 0 Å². The number of benzene rings is 2. The number of rotatable bonds is 7. The van der Waals surface area contributed by atoms with Gasteiger partial charge >= 0.3 is 5.97 Å². The minimum Gasteiger partial charge on any atom is -0.481 e. The number of amides is 2. The van der Waals surface area contributed by atoms with Gasteiger partial charge in [0.2, 0.25) is 0 Å². The van der Waals surface area contributed by atoms with Gasteiger partial charge in [0.05, 0.1) is 18.1 Å². The van der Waals surface area contributed by atoms with Gasteiger partial charge < -0.3 is 9.47 Å². The molecule has 0 aromatic heterocycles. The Hall–Kier alpha value is -2.29. The lowest BCUT2D eigenvalue weighted by Gasteiger charge is -2.12. The van der Waals surface area contributed by atoms with Crippen molar-refractivity contribution in [1.29, 1.82) is 0 Å². The number of nitrogens with zero attached hydrogens (tertiary/aromatic N) is 1. The fourth-order valence-electron chi connectivity index (χ4n) is 2.65. The second-order valence-corrected chi connectivity index (χ2v) is 8.52. The van der Waals surface area contributed by atoms with Crippen molar-refractivity contribution in [1.82, 2.24) is 4.90 Å². The van der Waals surface area contributed by atoms with Crippen molar-refractivity contribution in [2.45, 2.75) is 13.5 Å². The largest absolute Gasteiger partial charge is 0.481 e. The van der Waals surface area contributed by atoms with Crippen LogP contribution < -0.4 is 4.74 Å². The molecule has 1 aliphatic heterocycles. The van der Waals surface area contributed by atoms with Crippen LogP contribution in [0.2, 0.25) is 5.02 Å². The van der Waals surface area contributed by atoms with Crippen LogP contribution in [0.4, 0.5) is 4.79 Å². The van der Waals surface area contributed by atoms with Crippen LogP contribution in [-0.2, 0) is 20.9 Å². The highest BCUT2D eigenvalue weighted by atomic mass is 79.9. The fourth-order valence-corrected chi connectivity index (χ4v) is 3.99. The van der Waals surface area contributed by atoms with E-state index in [2.05, 4.69) is 15.9 Å². The summed E-state index contributed by atoms with van der Waals surface area (Å²) in [5.41, 5.74) is 1.36. The second kappa shape index (κ2) is 10.1. The van der Waals surface area contributed by atoms with Gasteiger partial charge in [-0.15, -0.1) is 0 Å². The van der Waals surface area contributed by atoms with Gasteiger partial charge in [0.25, 0.3) is 11.1 Å². The summed E-state index contributed by atoms with van der Waals surface area (Å²) in [7, 11) is 0. The van der Waals surface area contributed by atoms with Crippen LogP contribution in [0.1, 0.15) is 18.1 Å². The molecule has 3 rings (SSSR count). The highest BCUT2D eigenvalue weighted by Crippen LogP contribution is 2.35. The normalized spacial score (nSPS) is 15.0. The fraction of sp³-hybridized carbons (Fsp3) is 0.190. The average Bonchev–Trinajstić information content (AvgIpc) is 2.96. The van der Waals surface area contributed by atoms with Crippen molar-refractivity contribution in [3.05, 3.63) is 68.0 Å². The molecule has 30 heavy (non-hydrogen) atoms. The topological polar surface area (TPSA) is 72.9 Å². The Morgan fingerprint density at radius 2 is 1.93 bits per heavy atom. The van der Waals surface area contributed by atoms with Crippen LogP contribution in [0, 0.1) is 0 Å². The molecule has 1 aliphatic rings. The summed E-state index contributed by atoms with van der Waals surface area (Å²) in [6.07, 6.45) is 1.58. The molecule has 1 fully saturated rings. The summed E-state index contributed by atoms with van der Waals surface area (Å²) in [6.45, 7) is 1.87. The summed E-state index contributed by atoms with van der Waals surface area (Å²) in [5, 5.41) is 0.225. The number of imide groups is 1. The molecule has 0 radical (unpaired) electrons. The Labute approximate surface area is 191 Å². The predicted octanol–water partition coefficient (Wildman–Crippen LogP) is 5.28. The summed E-state index contributed by atoms with van der Waals surface area (Å²) >= 11 is 10.1. The van der Waals surface area contributed by atoms with E-state index in [1.165, 1.54) is 4.90 Å². The Balaban J connectivity index is 1.80. The summed E-state index contributed by atoms with van der Waals surface area (Å²) in [5.74, 6) is -0.485. The molecule has 0 saturated carbocycles. The first-order chi connectivity index (χ1) is 14.4. The van der Waals surface area contributed by atoms with Crippen LogP contribution in [0.3, 0.4) is 0 Å². The third kappa shape index (κ3) is 5.65. The zero-order valence-corrected chi connectivity index (χ0v) is 19.1. The van der Waals surface area contributed by atoms with Gasteiger partial charge in [-0.3, -0.25) is 14.5 Å². The van der Waals surface area contributed by atoms with Gasteiger partial charge in [0, 0.05) is 15.1 Å². The quantitative estimate of drug-likeness (QED) is 0.373. The number of esters is 1. The number of carbonyl (C=O) groups is 3. The zero-order valence-electron chi connectivity index (χ0n) is 15.9. The van der Waals surface area contributed by atoms with Crippen molar-refractivity contribution in [3.8, 4) is 5.75 Å². The molecule has 1 saturated heterocycles. The summed E-state index contributed by atoms with van der Waals surface area (Å²) in [6, 6.07) is 12.1. The van der Waals surface area contributed by atoms with Gasteiger partial charge in [0.15, 0.2) is 6.61 Å². The van der Waals surface area contributed by atoms with E-state index in [-0.39, 0.29) is 29.9 Å². The number of carbonyl (C=O) groups excluding carboxylic acids is 3. The van der Waals surface area contributed by atoms with Gasteiger partial charge in [-0.1, -0.05) is 39.7 Å². The smallest absolute Gasteiger partial charge is 0.344 e. The molecule has 2 aromatic carbocycles. The molecule has 156 valence electrons. The molecule has 0 atom stereocenters. The summed E-state index contributed by atoms with van der Waals surface area (Å²) < 4.78 is 11.2. The molecule has 9 heteroatoms. The predicted molar refractivity (Wildman–Crippen MR) is 119 cm³/mol. The Bertz CT molecular complexity index is 1010. The lowest BCUT2D eigenvalue weighted by atomic mass is 10.1. The van der Waals surface area contributed by atoms with E-state index in [1.54, 1.807) is 55.5 Å². The van der Waals surface area contributed by atoms with E-state index in [9.17, 15) is 14.4 Å². The van der Waals surface area contributed by atoms with Crippen LogP contribution in [0.15, 0.2) is 51.8 Å². The van der Waals surface area contributed by atoms with E-state index in [1.807, 2.05) is 0 Å². The van der Waals surface area contributed by atoms with E-state index >= 15 is 0 Å². The van der Waals surface area contributed by atoms with Crippen LogP contribution >= 0.6 is 39.3 Å². The molecular formula is C21H17BrClNO5S. The monoisotopic (exact) mass is 509 g/mol. The number of hydrogen-bond acceptors (Lipinski definition) is 6. The van der Waals surface area contributed by atoms with Gasteiger partial charge in [-0.25, -0.2) is 4.79 Å². The molecule has 0 N–H and O–H groups in total. The number of ether oxygens (including phenoxy) is 2. The lowest BCUT2D eigenvalue weighted by molar-refractivity contribution is -0.145. The van der Waals surface area contributed by atoms with E-state index in [0.29, 0.717) is 16.3 Å². The lowest BCUT2D eigenvalue weighted by Crippen LogP contribution is -2.27. The van der Waals surface area contributed by atoms with E-state index in [0.717, 1.165) is 21.8 Å². The second-order valence-electron chi connectivity index (χ2n) is 6.17. The Morgan fingerprint density at radius 1 is 1.20 bits per heavy atom. The maximum atomic E-state index is 12.8. The molecule has 2 amide bonds. The minimum absolute atomic E-state index is 0.157. The first kappa shape index (κ1) is 22.4. The van der Waals surface area contributed by atoms with Crippen molar-refractivity contribution < 1.29 is 23.9 Å². The zero-order chi connectivity index (χ0) is 21.7. The average molecular weight is 511 g/mol. The highest BCUT2D eigenvalue weighted by molar-refractivity contribution is 9.10. The highest BCUT2D eigenvalue weighted by Gasteiger charge is 2.35. The Morgan fingerprint density at radius 3 is 2.63 bits per heavy atom. The third-order valence-corrected chi connectivity index (χ3v) is 5.69. The standard InChI is InChI=1S/C21H17BrClNO5S/c1-2-28-19(25)12-29-17-8-5-15(22)9-14(17)10-18-20(26)24(21(27)30-18)11-13-3-6-16(23)7-4-13/h3-10H,2,11-12H2,1H3/b18-10-. The van der Waals surface area contributed by atoms with E-state index < -0.39 is 11.9 Å². The third-order valence-electron chi connectivity index (χ3n) is 4.04. The van der Waals surface area contributed by atoms with Crippen LogP contribution in [0.5, 0.6) is 5.75 Å². The SMILES string of the molecule is CCOC(=O)COc1ccc(Br)cc1/C=C1\SC(=O)N(Cc2ccc(Cl)cc2)C1=O. The van der Waals surface area contributed by atoms with Crippen molar-refractivity contribution in [2.75, 3.05) is 13.2 Å². The van der Waals surface area contributed by atoms with E-state index in [4.69, 9.17) is 21.1 Å². The van der Waals surface area contributed by atoms with Crippen LogP contribution in [0.25, 0.3) is 6.08 Å². The van der Waals surface area contributed by atoms with Crippen LogP contribution in [-0.4, -0.2) is 35.2 Å². The molecular weight excluding hydrogens is 494 g/mol. The molecule has 0 spiro atoms. The van der Waals surface area contributed by atoms with Gasteiger partial charge in [0.1, 0.15) is 5.75 Å². The number of thioether (sulfide) groups is 1.